The van der Waals surface area contributed by atoms with Crippen LogP contribution in [0.4, 0.5) is 0 Å². The van der Waals surface area contributed by atoms with E-state index in [2.05, 4.69) is 98.9 Å². The summed E-state index contributed by atoms with van der Waals surface area (Å²) >= 11 is 0. The van der Waals surface area contributed by atoms with Crippen molar-refractivity contribution >= 4 is 17.5 Å². The van der Waals surface area contributed by atoms with Crippen LogP contribution in [-0.2, 0) is 19.1 Å². The van der Waals surface area contributed by atoms with Crippen molar-refractivity contribution in [3.05, 3.63) is 85.1 Å². The lowest BCUT2D eigenvalue weighted by atomic mass is 9.93. The minimum Gasteiger partial charge on any atom is -0.462 e. The first kappa shape index (κ1) is 59.9. The number of esters is 1. The van der Waals surface area contributed by atoms with Crippen LogP contribution in [0.2, 0.25) is 0 Å². The Morgan fingerprint density at radius 2 is 0.762 bits per heavy atom. The fraction of sp³-hybridized carbons (Fsp3) is 0.702. The summed E-state index contributed by atoms with van der Waals surface area (Å²) in [4.78, 5) is 38.2. The summed E-state index contributed by atoms with van der Waals surface area (Å²) in [5.41, 5.74) is 0. The molecule has 0 heterocycles. The molecule has 360 valence electrons. The number of ether oxygens (including phenoxy) is 1. The quantitative estimate of drug-likeness (QED) is 0.0273. The molecule has 6 heteroatoms. The maximum absolute atomic E-state index is 13.1. The van der Waals surface area contributed by atoms with Gasteiger partial charge in [-0.15, -0.1) is 0 Å². The summed E-state index contributed by atoms with van der Waals surface area (Å²) in [6.07, 6.45) is 65.4. The molecule has 0 rings (SSSR count). The third-order valence-electron chi connectivity index (χ3n) is 11.3. The van der Waals surface area contributed by atoms with Gasteiger partial charge in [0.1, 0.15) is 30.2 Å². The number of hydrogen-bond donors (Lipinski definition) is 2. The Morgan fingerprint density at radius 3 is 1.17 bits per heavy atom. The standard InChI is InChI=1S/C57H96O6/c1-3-5-7-9-11-13-15-17-19-23-27-31-35-39-43-47-53(59)48-44-40-36-32-28-24-21-22-25-29-33-37-41-45-49-55(57(62)63-52-54(60)51-58)56(61)50-46-42-38-34-30-26-20-18-16-14-12-10-8-6-4-2/h5-8,11-14,17-20,22,25,54-55,58,60H,3-4,9-10,15-16,21,23-24,26-52H2,1-2H3. The number of Topliss-reactive ketones (excluding diaryl/α,β-unsaturated/α-hetero) is 2. The highest BCUT2D eigenvalue weighted by Crippen LogP contribution is 2.19. The second-order valence-corrected chi connectivity index (χ2v) is 17.3. The van der Waals surface area contributed by atoms with E-state index in [1.54, 1.807) is 0 Å². The van der Waals surface area contributed by atoms with Crippen LogP contribution < -0.4 is 0 Å². The predicted octanol–water partition coefficient (Wildman–Crippen LogP) is 15.8. The van der Waals surface area contributed by atoms with Crippen molar-refractivity contribution in [2.24, 2.45) is 5.92 Å². The number of carbonyl (C=O) groups excluding carboxylic acids is 3. The molecular weight excluding hydrogens is 781 g/mol. The molecule has 0 fully saturated rings. The number of aliphatic hydroxyl groups excluding tert-OH is 2. The topological polar surface area (TPSA) is 101 Å². The van der Waals surface area contributed by atoms with Crippen molar-refractivity contribution < 1.29 is 29.3 Å². The summed E-state index contributed by atoms with van der Waals surface area (Å²) < 4.78 is 5.22. The summed E-state index contributed by atoms with van der Waals surface area (Å²) in [5.74, 6) is -0.962. The van der Waals surface area contributed by atoms with Crippen LogP contribution in [0.1, 0.15) is 232 Å². The molecule has 0 saturated heterocycles. The van der Waals surface area contributed by atoms with Gasteiger partial charge in [0.2, 0.25) is 0 Å². The second-order valence-electron chi connectivity index (χ2n) is 17.3. The molecule has 0 aromatic carbocycles. The van der Waals surface area contributed by atoms with Crippen molar-refractivity contribution in [1.29, 1.82) is 0 Å². The third kappa shape index (κ3) is 45.3. The van der Waals surface area contributed by atoms with Crippen LogP contribution in [0.25, 0.3) is 0 Å². The Bertz CT molecular complexity index is 1250. The Labute approximate surface area is 388 Å². The first-order chi connectivity index (χ1) is 31.0. The summed E-state index contributed by atoms with van der Waals surface area (Å²) in [5, 5.41) is 18.7. The average Bonchev–Trinajstić information content (AvgIpc) is 3.28. The molecular formula is C57H96O6. The van der Waals surface area contributed by atoms with Crippen molar-refractivity contribution in [2.45, 2.75) is 238 Å². The van der Waals surface area contributed by atoms with E-state index in [-0.39, 0.29) is 12.4 Å². The molecule has 2 unspecified atom stereocenters. The van der Waals surface area contributed by atoms with Gasteiger partial charge in [-0.05, 0) is 116 Å². The predicted molar refractivity (Wildman–Crippen MR) is 270 cm³/mol. The molecule has 0 aromatic heterocycles. The summed E-state index contributed by atoms with van der Waals surface area (Å²) in [6, 6.07) is 0. The van der Waals surface area contributed by atoms with E-state index in [1.165, 1.54) is 57.8 Å². The molecule has 0 bridgehead atoms. The van der Waals surface area contributed by atoms with Crippen molar-refractivity contribution in [2.75, 3.05) is 13.2 Å². The Morgan fingerprint density at radius 1 is 0.429 bits per heavy atom. The van der Waals surface area contributed by atoms with Gasteiger partial charge in [-0.1, -0.05) is 182 Å². The summed E-state index contributed by atoms with van der Waals surface area (Å²) in [7, 11) is 0. The SMILES string of the molecule is CCC=CCC=CCC=CCCCCCCCC(=O)CCCCCCCCC=CCCCCCCC(C(=O)CCCCCCCC=CCC=CCC=CCC)C(=O)OCC(O)CO. The molecule has 0 radical (unpaired) electrons. The van der Waals surface area contributed by atoms with E-state index in [9.17, 15) is 19.5 Å². The van der Waals surface area contributed by atoms with Crippen molar-refractivity contribution in [1.82, 2.24) is 0 Å². The van der Waals surface area contributed by atoms with Crippen LogP contribution in [0.3, 0.4) is 0 Å². The molecule has 0 amide bonds. The number of unbranched alkanes of at least 4 members (excludes halogenated alkanes) is 20. The highest BCUT2D eigenvalue weighted by Gasteiger charge is 2.27. The van der Waals surface area contributed by atoms with Crippen molar-refractivity contribution in [3.63, 3.8) is 0 Å². The van der Waals surface area contributed by atoms with Crippen LogP contribution in [0.15, 0.2) is 85.1 Å². The maximum atomic E-state index is 13.1. The van der Waals surface area contributed by atoms with E-state index >= 15 is 0 Å². The molecule has 0 aliphatic heterocycles. The van der Waals surface area contributed by atoms with Crippen LogP contribution >= 0.6 is 0 Å². The molecule has 0 aliphatic rings. The van der Waals surface area contributed by atoms with Gasteiger partial charge in [0, 0.05) is 19.3 Å². The van der Waals surface area contributed by atoms with E-state index < -0.39 is 24.6 Å². The van der Waals surface area contributed by atoms with E-state index in [0.29, 0.717) is 18.6 Å². The van der Waals surface area contributed by atoms with Crippen LogP contribution in [0, 0.1) is 5.92 Å². The Kier molecular flexibility index (Phi) is 47.5. The van der Waals surface area contributed by atoms with Gasteiger partial charge in [-0.2, -0.15) is 0 Å². The minimum absolute atomic E-state index is 0.0603. The number of carbonyl (C=O) groups is 3. The zero-order chi connectivity index (χ0) is 45.9. The van der Waals surface area contributed by atoms with E-state index in [0.717, 1.165) is 148 Å². The molecule has 2 N–H and O–H groups in total. The van der Waals surface area contributed by atoms with Crippen LogP contribution in [-0.4, -0.2) is 47.1 Å². The monoisotopic (exact) mass is 877 g/mol. The summed E-state index contributed by atoms with van der Waals surface area (Å²) in [6.45, 7) is 3.54. The van der Waals surface area contributed by atoms with Gasteiger partial charge in [-0.25, -0.2) is 0 Å². The number of ketones is 2. The molecule has 0 spiro atoms. The lowest BCUT2D eigenvalue weighted by Crippen LogP contribution is -2.30. The second kappa shape index (κ2) is 49.9. The maximum Gasteiger partial charge on any atom is 0.316 e. The normalized spacial score (nSPS) is 13.4. The molecule has 2 atom stereocenters. The fourth-order valence-corrected chi connectivity index (χ4v) is 7.39. The zero-order valence-electron chi connectivity index (χ0n) is 40.7. The Hall–Kier alpha value is -3.09. The van der Waals surface area contributed by atoms with Gasteiger partial charge in [-0.3, -0.25) is 14.4 Å². The van der Waals surface area contributed by atoms with Crippen LogP contribution in [0.5, 0.6) is 0 Å². The number of allylic oxidation sites excluding steroid dienone is 14. The zero-order valence-corrected chi connectivity index (χ0v) is 40.7. The molecule has 0 aromatic rings. The van der Waals surface area contributed by atoms with Gasteiger partial charge < -0.3 is 14.9 Å². The van der Waals surface area contributed by atoms with Gasteiger partial charge in [0.15, 0.2) is 0 Å². The molecule has 0 aliphatic carbocycles. The minimum atomic E-state index is -1.12. The first-order valence-corrected chi connectivity index (χ1v) is 26.0. The largest absolute Gasteiger partial charge is 0.462 e. The Balaban J connectivity index is 3.91. The number of rotatable bonds is 47. The number of hydrogen-bond acceptors (Lipinski definition) is 6. The van der Waals surface area contributed by atoms with Gasteiger partial charge in [0.05, 0.1) is 6.61 Å². The fourth-order valence-electron chi connectivity index (χ4n) is 7.39. The average molecular weight is 877 g/mol. The molecule has 0 saturated carbocycles. The number of aliphatic hydroxyl groups is 2. The molecule has 63 heavy (non-hydrogen) atoms. The molecule has 6 nitrogen and oxygen atoms in total. The lowest BCUT2D eigenvalue weighted by Gasteiger charge is -2.16. The van der Waals surface area contributed by atoms with E-state index in [4.69, 9.17) is 9.84 Å². The van der Waals surface area contributed by atoms with E-state index in [1.807, 2.05) is 0 Å². The van der Waals surface area contributed by atoms with Gasteiger partial charge in [0.25, 0.3) is 0 Å². The smallest absolute Gasteiger partial charge is 0.316 e. The first-order valence-electron chi connectivity index (χ1n) is 26.0. The lowest BCUT2D eigenvalue weighted by molar-refractivity contribution is -0.155. The highest BCUT2D eigenvalue weighted by molar-refractivity contribution is 5.98. The third-order valence-corrected chi connectivity index (χ3v) is 11.3. The highest BCUT2D eigenvalue weighted by atomic mass is 16.5. The van der Waals surface area contributed by atoms with Crippen molar-refractivity contribution in [3.8, 4) is 0 Å². The van der Waals surface area contributed by atoms with Gasteiger partial charge >= 0.3 is 5.97 Å².